The Morgan fingerprint density at radius 3 is 2.93 bits per heavy atom. The average molecular weight is 364 g/mol. The highest BCUT2D eigenvalue weighted by molar-refractivity contribution is 6.35. The Labute approximate surface area is 158 Å². The minimum atomic E-state index is -0.814. The molecule has 0 saturated heterocycles. The number of nitrogens with one attached hydrogen (secondary N) is 2. The van der Waals surface area contributed by atoms with Gasteiger partial charge in [0.2, 0.25) is 0 Å². The van der Waals surface area contributed by atoms with E-state index in [0.29, 0.717) is 17.9 Å². The van der Waals surface area contributed by atoms with Gasteiger partial charge in [-0.3, -0.25) is 9.59 Å². The SMILES string of the molecule is Cc1c(CCC(=O)O)ccc2c1C(=Cc1cc3c([nH]1)CCCC3C)C(=O)N2. The van der Waals surface area contributed by atoms with Crippen molar-refractivity contribution in [3.8, 4) is 0 Å². The van der Waals surface area contributed by atoms with Crippen LogP contribution in [0.25, 0.3) is 11.6 Å². The molecular weight excluding hydrogens is 340 g/mol. The second kappa shape index (κ2) is 6.72. The number of carboxylic acids is 1. The lowest BCUT2D eigenvalue weighted by Gasteiger charge is -2.17. The highest BCUT2D eigenvalue weighted by Gasteiger charge is 2.28. The van der Waals surface area contributed by atoms with Gasteiger partial charge in [-0.1, -0.05) is 13.0 Å². The second-order valence-corrected chi connectivity index (χ2v) is 7.63. The van der Waals surface area contributed by atoms with E-state index in [1.807, 2.05) is 25.1 Å². The molecule has 0 fully saturated rings. The monoisotopic (exact) mass is 364 g/mol. The van der Waals surface area contributed by atoms with E-state index in [4.69, 9.17) is 5.11 Å². The van der Waals surface area contributed by atoms with E-state index in [1.54, 1.807) is 0 Å². The molecule has 27 heavy (non-hydrogen) atoms. The van der Waals surface area contributed by atoms with E-state index in [0.717, 1.165) is 34.5 Å². The Kier molecular flexibility index (Phi) is 4.38. The van der Waals surface area contributed by atoms with Crippen molar-refractivity contribution in [2.75, 3.05) is 5.32 Å². The van der Waals surface area contributed by atoms with Crippen LogP contribution in [-0.4, -0.2) is 22.0 Å². The highest BCUT2D eigenvalue weighted by atomic mass is 16.4. The molecule has 1 aromatic heterocycles. The van der Waals surface area contributed by atoms with Crippen LogP contribution in [-0.2, 0) is 22.4 Å². The first-order valence-electron chi connectivity index (χ1n) is 9.53. The van der Waals surface area contributed by atoms with Gasteiger partial charge in [-0.05, 0) is 73.4 Å². The Morgan fingerprint density at radius 2 is 2.19 bits per heavy atom. The number of carbonyl (C=O) groups is 2. The third kappa shape index (κ3) is 3.18. The van der Waals surface area contributed by atoms with Crippen LogP contribution in [0.1, 0.15) is 65.7 Å². The molecule has 4 rings (SSSR count). The molecule has 1 amide bonds. The maximum atomic E-state index is 12.6. The van der Waals surface area contributed by atoms with Crippen LogP contribution in [0.5, 0.6) is 0 Å². The lowest BCUT2D eigenvalue weighted by atomic mass is 9.88. The van der Waals surface area contributed by atoms with Gasteiger partial charge in [0.1, 0.15) is 0 Å². The quantitative estimate of drug-likeness (QED) is 0.709. The van der Waals surface area contributed by atoms with Crippen molar-refractivity contribution < 1.29 is 14.7 Å². The summed E-state index contributed by atoms with van der Waals surface area (Å²) in [5, 5.41) is 11.9. The summed E-state index contributed by atoms with van der Waals surface area (Å²) in [6.45, 7) is 4.21. The molecule has 140 valence electrons. The molecule has 0 bridgehead atoms. The number of anilines is 1. The average Bonchev–Trinajstić information content (AvgIpc) is 3.17. The molecule has 2 heterocycles. The minimum absolute atomic E-state index is 0.0846. The second-order valence-electron chi connectivity index (χ2n) is 7.63. The van der Waals surface area contributed by atoms with Gasteiger partial charge in [-0.2, -0.15) is 0 Å². The molecule has 1 aliphatic heterocycles. The number of rotatable bonds is 4. The number of carboxylic acid groups (broad SMARTS) is 1. The summed E-state index contributed by atoms with van der Waals surface area (Å²) in [6.07, 6.45) is 5.94. The molecule has 2 aromatic rings. The van der Waals surface area contributed by atoms with Crippen molar-refractivity contribution in [1.29, 1.82) is 0 Å². The van der Waals surface area contributed by atoms with Gasteiger partial charge < -0.3 is 15.4 Å². The number of carbonyl (C=O) groups excluding carboxylic acids is 1. The van der Waals surface area contributed by atoms with Crippen molar-refractivity contribution in [3.63, 3.8) is 0 Å². The van der Waals surface area contributed by atoms with Gasteiger partial charge >= 0.3 is 5.97 Å². The van der Waals surface area contributed by atoms with E-state index in [9.17, 15) is 9.59 Å². The van der Waals surface area contributed by atoms with E-state index in [-0.39, 0.29) is 12.3 Å². The number of amides is 1. The Morgan fingerprint density at radius 1 is 1.37 bits per heavy atom. The Bertz CT molecular complexity index is 968. The third-order valence-electron chi connectivity index (χ3n) is 5.80. The maximum Gasteiger partial charge on any atom is 0.303 e. The number of hydrogen-bond acceptors (Lipinski definition) is 2. The van der Waals surface area contributed by atoms with E-state index in [1.165, 1.54) is 24.1 Å². The van der Waals surface area contributed by atoms with Crippen molar-refractivity contribution in [1.82, 2.24) is 4.98 Å². The molecular formula is C22H24N2O3. The van der Waals surface area contributed by atoms with Gasteiger partial charge in [-0.15, -0.1) is 0 Å². The van der Waals surface area contributed by atoms with Crippen LogP contribution in [0, 0.1) is 6.92 Å². The number of aliphatic carboxylic acids is 1. The van der Waals surface area contributed by atoms with Crippen molar-refractivity contribution >= 4 is 29.2 Å². The molecule has 0 spiro atoms. The van der Waals surface area contributed by atoms with Crippen molar-refractivity contribution in [2.45, 2.75) is 51.9 Å². The highest BCUT2D eigenvalue weighted by Crippen LogP contribution is 2.38. The molecule has 2 aliphatic rings. The largest absolute Gasteiger partial charge is 0.481 e. The van der Waals surface area contributed by atoms with E-state index < -0.39 is 5.97 Å². The normalized spacial score (nSPS) is 19.7. The predicted molar refractivity (Wildman–Crippen MR) is 106 cm³/mol. The molecule has 5 nitrogen and oxygen atoms in total. The number of fused-ring (bicyclic) bond motifs is 2. The standard InChI is InChI=1S/C22H24N2O3/c1-12-4-3-5-18-16(12)10-15(23-18)11-17-21-13(2)14(7-9-20(25)26)6-8-19(21)24-22(17)27/h6,8,10-12,23H,3-5,7,9H2,1-2H3,(H,24,27)(H,25,26). The first kappa shape index (κ1) is 17.6. The number of aromatic nitrogens is 1. The number of H-pyrrole nitrogens is 1. The number of aromatic amines is 1. The zero-order chi connectivity index (χ0) is 19.1. The first-order chi connectivity index (χ1) is 12.9. The van der Waals surface area contributed by atoms with E-state index >= 15 is 0 Å². The molecule has 1 unspecified atom stereocenters. The topological polar surface area (TPSA) is 82.2 Å². The minimum Gasteiger partial charge on any atom is -0.481 e. The number of benzene rings is 1. The summed E-state index contributed by atoms with van der Waals surface area (Å²) in [5.41, 5.74) is 7.88. The van der Waals surface area contributed by atoms with Gasteiger partial charge in [0.15, 0.2) is 0 Å². The molecule has 1 atom stereocenters. The van der Waals surface area contributed by atoms with Crippen molar-refractivity contribution in [3.05, 3.63) is 51.8 Å². The Balaban J connectivity index is 1.73. The van der Waals surface area contributed by atoms with Crippen LogP contribution >= 0.6 is 0 Å². The molecule has 3 N–H and O–H groups in total. The number of hydrogen-bond donors (Lipinski definition) is 3. The number of aryl methyl sites for hydroxylation is 2. The van der Waals surface area contributed by atoms with E-state index in [2.05, 4.69) is 23.3 Å². The predicted octanol–water partition coefficient (Wildman–Crippen LogP) is 4.27. The van der Waals surface area contributed by atoms with Gasteiger partial charge in [-0.25, -0.2) is 0 Å². The fourth-order valence-corrected chi connectivity index (χ4v) is 4.32. The van der Waals surface area contributed by atoms with Crippen LogP contribution < -0.4 is 5.32 Å². The summed E-state index contributed by atoms with van der Waals surface area (Å²) in [6, 6.07) is 5.95. The maximum absolute atomic E-state index is 12.6. The summed E-state index contributed by atoms with van der Waals surface area (Å²) in [5.74, 6) is -0.374. The molecule has 1 aliphatic carbocycles. The van der Waals surface area contributed by atoms with Crippen LogP contribution in [0.15, 0.2) is 18.2 Å². The summed E-state index contributed by atoms with van der Waals surface area (Å²) >= 11 is 0. The smallest absolute Gasteiger partial charge is 0.303 e. The van der Waals surface area contributed by atoms with Crippen LogP contribution in [0.4, 0.5) is 5.69 Å². The third-order valence-corrected chi connectivity index (χ3v) is 5.80. The molecule has 0 saturated carbocycles. The lowest BCUT2D eigenvalue weighted by molar-refractivity contribution is -0.137. The van der Waals surface area contributed by atoms with Crippen LogP contribution in [0.3, 0.4) is 0 Å². The zero-order valence-corrected chi connectivity index (χ0v) is 15.7. The first-order valence-corrected chi connectivity index (χ1v) is 9.53. The zero-order valence-electron chi connectivity index (χ0n) is 15.7. The fraction of sp³-hybridized carbons (Fsp3) is 0.364. The molecule has 1 aromatic carbocycles. The summed E-state index contributed by atoms with van der Waals surface area (Å²) in [7, 11) is 0. The molecule has 5 heteroatoms. The van der Waals surface area contributed by atoms with Gasteiger partial charge in [0.05, 0.1) is 5.57 Å². The van der Waals surface area contributed by atoms with Crippen molar-refractivity contribution in [2.24, 2.45) is 0 Å². The fourth-order valence-electron chi connectivity index (χ4n) is 4.32. The van der Waals surface area contributed by atoms with Gasteiger partial charge in [0, 0.05) is 29.1 Å². The van der Waals surface area contributed by atoms with Gasteiger partial charge in [0.25, 0.3) is 5.91 Å². The Hall–Kier alpha value is -2.82. The lowest BCUT2D eigenvalue weighted by Crippen LogP contribution is -2.04. The summed E-state index contributed by atoms with van der Waals surface area (Å²) in [4.78, 5) is 27.0. The summed E-state index contributed by atoms with van der Waals surface area (Å²) < 4.78 is 0. The molecule has 0 radical (unpaired) electrons. The van der Waals surface area contributed by atoms with Crippen LogP contribution in [0.2, 0.25) is 0 Å².